The summed E-state index contributed by atoms with van der Waals surface area (Å²) in [5.41, 5.74) is 10.6. The Labute approximate surface area is 175 Å². The van der Waals surface area contributed by atoms with Gasteiger partial charge in [0.15, 0.2) is 5.13 Å². The summed E-state index contributed by atoms with van der Waals surface area (Å²) in [6.45, 7) is 5.61. The maximum atomic E-state index is 12.1. The largest absolute Gasteiger partial charge is 0.346 e. The molecule has 0 bridgehead atoms. The molecule has 0 unspecified atom stereocenters. The van der Waals surface area contributed by atoms with Gasteiger partial charge < -0.3 is 16.4 Å². The summed E-state index contributed by atoms with van der Waals surface area (Å²) in [5, 5.41) is 5.87. The summed E-state index contributed by atoms with van der Waals surface area (Å²) in [4.78, 5) is 29.6. The number of anilines is 1. The first-order valence-electron chi connectivity index (χ1n) is 9.28. The Morgan fingerprint density at radius 2 is 1.96 bits per heavy atom. The van der Waals surface area contributed by atoms with Gasteiger partial charge in [0.25, 0.3) is 0 Å². The Kier molecular flexibility index (Phi) is 7.57. The van der Waals surface area contributed by atoms with Crippen molar-refractivity contribution in [1.29, 1.82) is 0 Å². The summed E-state index contributed by atoms with van der Waals surface area (Å²) in [7, 11) is 0. The van der Waals surface area contributed by atoms with Gasteiger partial charge in [-0.25, -0.2) is 4.98 Å². The fourth-order valence-electron chi connectivity index (χ4n) is 3.19. The minimum absolute atomic E-state index is 0. The molecule has 0 saturated carbocycles. The van der Waals surface area contributed by atoms with Crippen molar-refractivity contribution < 1.29 is 9.59 Å². The van der Waals surface area contributed by atoms with Crippen molar-refractivity contribution in [2.45, 2.75) is 46.1 Å². The van der Waals surface area contributed by atoms with Crippen LogP contribution in [0.3, 0.4) is 0 Å². The number of halogens is 1. The number of fused-ring (bicyclic) bond motifs is 1. The molecule has 1 aromatic carbocycles. The average Bonchev–Trinajstić information content (AvgIpc) is 3.24. The first kappa shape index (κ1) is 22.3. The Hall–Kier alpha value is -1.96. The standard InChI is InChI=1S/C20H26N4O2S.ClH/c1-11(2)17(21)19(26)22-10-16(25)23-20-24-18(12(3)27-20)15-8-7-13-5-4-6-14(13)9-15;/h7-9,11,17H,4-6,10,21H2,1-3H3,(H,22,26)(H,23,24,25);1H/t17-;/m0./s1. The molecule has 1 aliphatic rings. The number of hydrogen-bond acceptors (Lipinski definition) is 5. The van der Waals surface area contributed by atoms with Crippen LogP contribution in [0, 0.1) is 12.8 Å². The van der Waals surface area contributed by atoms with Crippen LogP contribution in [0.2, 0.25) is 0 Å². The molecule has 1 aliphatic carbocycles. The second-order valence-electron chi connectivity index (χ2n) is 7.30. The summed E-state index contributed by atoms with van der Waals surface area (Å²) in [6, 6.07) is 5.88. The van der Waals surface area contributed by atoms with Gasteiger partial charge in [-0.05, 0) is 49.3 Å². The minimum atomic E-state index is -0.619. The van der Waals surface area contributed by atoms with Crippen LogP contribution in [0.15, 0.2) is 18.2 Å². The number of aromatic nitrogens is 1. The highest BCUT2D eigenvalue weighted by Gasteiger charge is 2.19. The van der Waals surface area contributed by atoms with Crippen molar-refractivity contribution in [3.8, 4) is 11.3 Å². The van der Waals surface area contributed by atoms with Crippen LogP contribution in [0.25, 0.3) is 11.3 Å². The zero-order valence-electron chi connectivity index (χ0n) is 16.4. The number of hydrogen-bond donors (Lipinski definition) is 3. The molecule has 28 heavy (non-hydrogen) atoms. The van der Waals surface area contributed by atoms with Crippen LogP contribution in [0.5, 0.6) is 0 Å². The van der Waals surface area contributed by atoms with Crippen molar-refractivity contribution in [1.82, 2.24) is 10.3 Å². The number of benzene rings is 1. The number of thiazole rings is 1. The van der Waals surface area contributed by atoms with Crippen molar-refractivity contribution in [3.05, 3.63) is 34.2 Å². The molecule has 1 atom stereocenters. The lowest BCUT2D eigenvalue weighted by Crippen LogP contribution is -2.46. The average molecular weight is 423 g/mol. The predicted octanol–water partition coefficient (Wildman–Crippen LogP) is 3.07. The van der Waals surface area contributed by atoms with Crippen LogP contribution in [0.4, 0.5) is 5.13 Å². The third-order valence-electron chi connectivity index (χ3n) is 4.86. The lowest BCUT2D eigenvalue weighted by Gasteiger charge is -2.14. The van der Waals surface area contributed by atoms with E-state index in [-0.39, 0.29) is 36.7 Å². The molecule has 0 spiro atoms. The van der Waals surface area contributed by atoms with E-state index in [4.69, 9.17) is 5.73 Å². The van der Waals surface area contributed by atoms with Crippen LogP contribution in [-0.2, 0) is 22.4 Å². The van der Waals surface area contributed by atoms with Crippen LogP contribution in [0.1, 0.15) is 36.3 Å². The molecule has 2 amide bonds. The number of rotatable bonds is 6. The van der Waals surface area contributed by atoms with E-state index < -0.39 is 6.04 Å². The van der Waals surface area contributed by atoms with Crippen LogP contribution < -0.4 is 16.4 Å². The highest BCUT2D eigenvalue weighted by Crippen LogP contribution is 2.33. The van der Waals surface area contributed by atoms with E-state index in [1.165, 1.54) is 28.9 Å². The number of carbonyl (C=O) groups is 2. The van der Waals surface area contributed by atoms with E-state index >= 15 is 0 Å². The zero-order chi connectivity index (χ0) is 19.6. The Balaban J connectivity index is 0.00000280. The highest BCUT2D eigenvalue weighted by molar-refractivity contribution is 7.16. The second kappa shape index (κ2) is 9.49. The molecule has 0 aliphatic heterocycles. The number of carbonyl (C=O) groups excluding carboxylic acids is 2. The smallest absolute Gasteiger partial charge is 0.245 e. The van der Waals surface area contributed by atoms with Gasteiger partial charge in [-0.15, -0.1) is 23.7 Å². The third kappa shape index (κ3) is 5.10. The topological polar surface area (TPSA) is 97.1 Å². The highest BCUT2D eigenvalue weighted by atomic mass is 35.5. The lowest BCUT2D eigenvalue weighted by atomic mass is 10.0. The lowest BCUT2D eigenvalue weighted by molar-refractivity contribution is -0.125. The first-order chi connectivity index (χ1) is 12.8. The number of nitrogens with two attached hydrogens (primary N) is 1. The summed E-state index contributed by atoms with van der Waals surface area (Å²) < 4.78 is 0. The van der Waals surface area contributed by atoms with Gasteiger partial charge in [0.05, 0.1) is 18.3 Å². The van der Waals surface area contributed by atoms with Crippen molar-refractivity contribution in [3.63, 3.8) is 0 Å². The predicted molar refractivity (Wildman–Crippen MR) is 116 cm³/mol. The Morgan fingerprint density at radius 3 is 2.68 bits per heavy atom. The molecule has 0 saturated heterocycles. The fourth-order valence-corrected chi connectivity index (χ4v) is 4.04. The van der Waals surface area contributed by atoms with E-state index in [1.807, 2.05) is 20.8 Å². The van der Waals surface area contributed by atoms with Crippen LogP contribution in [-0.4, -0.2) is 29.4 Å². The second-order valence-corrected chi connectivity index (χ2v) is 8.50. The summed E-state index contributed by atoms with van der Waals surface area (Å²) in [5.74, 6) is -0.618. The molecule has 2 aromatic rings. The molecule has 0 fully saturated rings. The minimum Gasteiger partial charge on any atom is -0.346 e. The monoisotopic (exact) mass is 422 g/mol. The van der Waals surface area contributed by atoms with Gasteiger partial charge in [-0.1, -0.05) is 26.0 Å². The van der Waals surface area contributed by atoms with Crippen LogP contribution >= 0.6 is 23.7 Å². The molecule has 3 rings (SSSR count). The van der Waals surface area contributed by atoms with Gasteiger partial charge in [-0.2, -0.15) is 0 Å². The summed E-state index contributed by atoms with van der Waals surface area (Å²) in [6.07, 6.45) is 3.48. The fraction of sp³-hybridized carbons (Fsp3) is 0.450. The van der Waals surface area contributed by atoms with Gasteiger partial charge in [0.2, 0.25) is 11.8 Å². The van der Waals surface area contributed by atoms with E-state index in [0.29, 0.717) is 5.13 Å². The SMILES string of the molecule is Cc1sc(NC(=O)CNC(=O)[C@@H](N)C(C)C)nc1-c1ccc2c(c1)CCC2.Cl. The van der Waals surface area contributed by atoms with E-state index in [1.54, 1.807) is 0 Å². The molecule has 8 heteroatoms. The van der Waals surface area contributed by atoms with Crippen molar-refractivity contribution >= 4 is 40.7 Å². The maximum Gasteiger partial charge on any atom is 0.245 e. The van der Waals surface area contributed by atoms with Gasteiger partial charge in [0, 0.05) is 10.4 Å². The number of nitrogens with one attached hydrogen (secondary N) is 2. The van der Waals surface area contributed by atoms with Crippen molar-refractivity contribution in [2.75, 3.05) is 11.9 Å². The quantitative estimate of drug-likeness (QED) is 0.666. The molecule has 1 aromatic heterocycles. The summed E-state index contributed by atoms with van der Waals surface area (Å²) >= 11 is 1.44. The Bertz CT molecular complexity index is 866. The molecular weight excluding hydrogens is 396 g/mol. The molecule has 0 radical (unpaired) electrons. The maximum absolute atomic E-state index is 12.1. The molecular formula is C20H27ClN4O2S. The number of aryl methyl sites for hydroxylation is 3. The molecule has 6 nitrogen and oxygen atoms in total. The van der Waals surface area contributed by atoms with Gasteiger partial charge in [0.1, 0.15) is 0 Å². The van der Waals surface area contributed by atoms with Gasteiger partial charge >= 0.3 is 0 Å². The normalized spacial score (nSPS) is 13.6. The first-order valence-corrected chi connectivity index (χ1v) is 10.1. The molecule has 1 heterocycles. The van der Waals surface area contributed by atoms with E-state index in [2.05, 4.69) is 33.8 Å². The molecule has 4 N–H and O–H groups in total. The van der Waals surface area contributed by atoms with E-state index in [0.717, 1.165) is 29.0 Å². The zero-order valence-corrected chi connectivity index (χ0v) is 18.0. The molecule has 152 valence electrons. The number of amides is 2. The third-order valence-corrected chi connectivity index (χ3v) is 5.75. The number of nitrogens with zero attached hydrogens (tertiary/aromatic N) is 1. The Morgan fingerprint density at radius 1 is 1.25 bits per heavy atom. The van der Waals surface area contributed by atoms with Crippen molar-refractivity contribution in [2.24, 2.45) is 11.7 Å². The van der Waals surface area contributed by atoms with E-state index in [9.17, 15) is 9.59 Å². The van der Waals surface area contributed by atoms with Gasteiger partial charge in [-0.3, -0.25) is 9.59 Å².